The van der Waals surface area contributed by atoms with Crippen molar-refractivity contribution in [2.45, 2.75) is 6.92 Å². The zero-order chi connectivity index (χ0) is 6.69. The molecule has 0 spiro atoms. The smallest absolute Gasteiger partial charge is 0.0509 e. The van der Waals surface area contributed by atoms with Gasteiger partial charge in [-0.2, -0.15) is 0 Å². The van der Waals surface area contributed by atoms with Gasteiger partial charge in [-0.3, -0.25) is 0 Å². The predicted octanol–water partition coefficient (Wildman–Crippen LogP) is 0.488. The van der Waals surface area contributed by atoms with Crippen molar-refractivity contribution in [3.63, 3.8) is 0 Å². The molecule has 2 heteroatoms. The van der Waals surface area contributed by atoms with Crippen LogP contribution in [0.25, 0.3) is 0 Å². The second kappa shape index (κ2) is 3.18. The molecule has 0 unspecified atom stereocenters. The first kappa shape index (κ1) is 7.03. The Morgan fingerprint density at radius 1 is 1.56 bits per heavy atom. The Hall–Kier alpha value is -0.0800. The molecule has 1 N–H and O–H groups in total. The van der Waals surface area contributed by atoms with Crippen molar-refractivity contribution in [2.24, 2.45) is 11.8 Å². The maximum atomic E-state index is 5.28. The Kier molecular flexibility index (Phi) is 2.49. The molecule has 0 saturated carbocycles. The number of nitrogens with one attached hydrogen (secondary N) is 1. The highest BCUT2D eigenvalue weighted by Crippen LogP contribution is 2.18. The molecule has 2 atom stereocenters. The van der Waals surface area contributed by atoms with Crippen LogP contribution in [0, 0.1) is 11.8 Å². The number of rotatable bonds is 2. The molecular formula is C7H15NO. The standard InChI is InChI=1S/C7H15NO/c1-6-4-9-5-7(6)3-8-2/h6-8H,3-5H2,1-2H3/t6-,7-/m1/s1. The van der Waals surface area contributed by atoms with E-state index in [4.69, 9.17) is 4.74 Å². The van der Waals surface area contributed by atoms with Crippen LogP contribution in [0.2, 0.25) is 0 Å². The van der Waals surface area contributed by atoms with Crippen LogP contribution in [0.5, 0.6) is 0 Å². The zero-order valence-corrected chi connectivity index (χ0v) is 6.18. The van der Waals surface area contributed by atoms with E-state index in [1.165, 1.54) is 0 Å². The van der Waals surface area contributed by atoms with Crippen molar-refractivity contribution in [3.8, 4) is 0 Å². The van der Waals surface area contributed by atoms with E-state index in [1.54, 1.807) is 0 Å². The van der Waals surface area contributed by atoms with Gasteiger partial charge in [-0.25, -0.2) is 0 Å². The first-order valence-corrected chi connectivity index (χ1v) is 3.57. The van der Waals surface area contributed by atoms with Crippen molar-refractivity contribution in [2.75, 3.05) is 26.8 Å². The lowest BCUT2D eigenvalue weighted by Crippen LogP contribution is -2.23. The molecule has 1 fully saturated rings. The summed E-state index contributed by atoms with van der Waals surface area (Å²) in [5.74, 6) is 1.49. The summed E-state index contributed by atoms with van der Waals surface area (Å²) < 4.78 is 5.28. The van der Waals surface area contributed by atoms with E-state index in [9.17, 15) is 0 Å². The quantitative estimate of drug-likeness (QED) is 0.586. The second-order valence-electron chi connectivity index (χ2n) is 2.83. The van der Waals surface area contributed by atoms with Crippen LogP contribution in [0.3, 0.4) is 0 Å². The summed E-state index contributed by atoms with van der Waals surface area (Å²) in [5.41, 5.74) is 0. The number of ether oxygens (including phenoxy) is 1. The fourth-order valence-corrected chi connectivity index (χ4v) is 1.23. The van der Waals surface area contributed by atoms with Crippen LogP contribution in [0.4, 0.5) is 0 Å². The van der Waals surface area contributed by atoms with Crippen molar-refractivity contribution in [1.29, 1.82) is 0 Å². The summed E-state index contributed by atoms with van der Waals surface area (Å²) in [6.07, 6.45) is 0. The van der Waals surface area contributed by atoms with Gasteiger partial charge >= 0.3 is 0 Å². The largest absolute Gasteiger partial charge is 0.381 e. The van der Waals surface area contributed by atoms with Crippen molar-refractivity contribution in [1.82, 2.24) is 5.32 Å². The summed E-state index contributed by atoms with van der Waals surface area (Å²) in [4.78, 5) is 0. The van der Waals surface area contributed by atoms with Gasteiger partial charge in [0.1, 0.15) is 0 Å². The van der Waals surface area contributed by atoms with Crippen LogP contribution in [0.1, 0.15) is 6.92 Å². The van der Waals surface area contributed by atoms with Crippen LogP contribution in [-0.2, 0) is 4.74 Å². The van der Waals surface area contributed by atoms with Gasteiger partial charge in [0.25, 0.3) is 0 Å². The maximum absolute atomic E-state index is 5.28. The molecule has 0 amide bonds. The van der Waals surface area contributed by atoms with Gasteiger partial charge in [-0.15, -0.1) is 0 Å². The molecule has 0 bridgehead atoms. The van der Waals surface area contributed by atoms with E-state index in [2.05, 4.69) is 12.2 Å². The zero-order valence-electron chi connectivity index (χ0n) is 6.18. The SMILES string of the molecule is CNC[C@@H]1COC[C@H]1C. The summed E-state index contributed by atoms with van der Waals surface area (Å²) in [6.45, 7) is 5.24. The number of hydrogen-bond donors (Lipinski definition) is 1. The third kappa shape index (κ3) is 1.66. The van der Waals surface area contributed by atoms with Crippen LogP contribution >= 0.6 is 0 Å². The molecule has 1 aliphatic rings. The molecule has 2 nitrogen and oxygen atoms in total. The van der Waals surface area contributed by atoms with Crippen LogP contribution < -0.4 is 5.32 Å². The highest BCUT2D eigenvalue weighted by Gasteiger charge is 2.22. The first-order valence-electron chi connectivity index (χ1n) is 3.57. The molecule has 54 valence electrons. The average molecular weight is 129 g/mol. The van der Waals surface area contributed by atoms with E-state index in [-0.39, 0.29) is 0 Å². The van der Waals surface area contributed by atoms with E-state index >= 15 is 0 Å². The summed E-state index contributed by atoms with van der Waals surface area (Å²) in [5, 5.41) is 3.16. The van der Waals surface area contributed by atoms with Gasteiger partial charge in [0, 0.05) is 13.2 Å². The molecule has 0 aromatic carbocycles. The highest BCUT2D eigenvalue weighted by molar-refractivity contribution is 4.72. The molecule has 0 radical (unpaired) electrons. The lowest BCUT2D eigenvalue weighted by molar-refractivity contribution is 0.181. The first-order chi connectivity index (χ1) is 4.34. The third-order valence-corrected chi connectivity index (χ3v) is 1.98. The van der Waals surface area contributed by atoms with Crippen molar-refractivity contribution < 1.29 is 4.74 Å². The minimum Gasteiger partial charge on any atom is -0.381 e. The minimum absolute atomic E-state index is 0.745. The average Bonchev–Trinajstić information content (AvgIpc) is 2.18. The Labute approximate surface area is 56.6 Å². The van der Waals surface area contributed by atoms with Gasteiger partial charge in [-0.05, 0) is 18.9 Å². The third-order valence-electron chi connectivity index (χ3n) is 1.98. The normalized spacial score (nSPS) is 35.3. The van der Waals surface area contributed by atoms with Crippen molar-refractivity contribution in [3.05, 3.63) is 0 Å². The molecule has 0 aromatic rings. The molecule has 1 saturated heterocycles. The molecule has 0 aromatic heterocycles. The van der Waals surface area contributed by atoms with Gasteiger partial charge < -0.3 is 10.1 Å². The minimum atomic E-state index is 0.745. The summed E-state index contributed by atoms with van der Waals surface area (Å²) >= 11 is 0. The molecule has 9 heavy (non-hydrogen) atoms. The summed E-state index contributed by atoms with van der Waals surface area (Å²) in [7, 11) is 1.99. The molecule has 0 aliphatic carbocycles. The molecule has 1 heterocycles. The van der Waals surface area contributed by atoms with E-state index in [1.807, 2.05) is 7.05 Å². The van der Waals surface area contributed by atoms with E-state index in [0.29, 0.717) is 0 Å². The van der Waals surface area contributed by atoms with Crippen LogP contribution in [0.15, 0.2) is 0 Å². The Morgan fingerprint density at radius 3 is 2.78 bits per heavy atom. The highest BCUT2D eigenvalue weighted by atomic mass is 16.5. The van der Waals surface area contributed by atoms with Crippen LogP contribution in [-0.4, -0.2) is 26.8 Å². The lowest BCUT2D eigenvalue weighted by Gasteiger charge is -2.10. The van der Waals surface area contributed by atoms with Gasteiger partial charge in [0.15, 0.2) is 0 Å². The van der Waals surface area contributed by atoms with Gasteiger partial charge in [0.05, 0.1) is 6.61 Å². The Balaban J connectivity index is 2.22. The second-order valence-corrected chi connectivity index (χ2v) is 2.83. The predicted molar refractivity (Wildman–Crippen MR) is 37.4 cm³/mol. The fourth-order valence-electron chi connectivity index (χ4n) is 1.23. The van der Waals surface area contributed by atoms with E-state index < -0.39 is 0 Å². The summed E-state index contributed by atoms with van der Waals surface area (Å²) in [6, 6.07) is 0. The maximum Gasteiger partial charge on any atom is 0.0509 e. The Bertz CT molecular complexity index is 85.0. The number of hydrogen-bond acceptors (Lipinski definition) is 2. The Morgan fingerprint density at radius 2 is 2.33 bits per heavy atom. The lowest BCUT2D eigenvalue weighted by atomic mass is 9.98. The van der Waals surface area contributed by atoms with Gasteiger partial charge in [-0.1, -0.05) is 6.92 Å². The topological polar surface area (TPSA) is 21.3 Å². The monoisotopic (exact) mass is 129 g/mol. The molecular weight excluding hydrogens is 114 g/mol. The van der Waals surface area contributed by atoms with Gasteiger partial charge in [0.2, 0.25) is 0 Å². The molecule has 1 aliphatic heterocycles. The fraction of sp³-hybridized carbons (Fsp3) is 1.00. The van der Waals surface area contributed by atoms with E-state index in [0.717, 1.165) is 31.6 Å². The molecule has 1 rings (SSSR count). The van der Waals surface area contributed by atoms with Crippen molar-refractivity contribution >= 4 is 0 Å².